The van der Waals surface area contributed by atoms with Crippen LogP contribution >= 0.6 is 45.9 Å². The Kier molecular flexibility index (Phi) is 4.49. The number of halogens is 3. The molecule has 0 unspecified atom stereocenters. The van der Waals surface area contributed by atoms with Crippen LogP contribution in [0.2, 0.25) is 10.0 Å². The third-order valence-electron chi connectivity index (χ3n) is 2.37. The largest absolute Gasteiger partial charge is 0.369 e. The van der Waals surface area contributed by atoms with Gasteiger partial charge >= 0.3 is 21.2 Å². The molecular formula is C14H8Cl2IS2+. The van der Waals surface area contributed by atoms with Gasteiger partial charge in [-0.3, -0.25) is 0 Å². The minimum atomic E-state index is -0.207. The Labute approximate surface area is 140 Å². The zero-order chi connectivity index (χ0) is 13.2. The lowest BCUT2D eigenvalue weighted by atomic mass is 10.4. The Morgan fingerprint density at radius 3 is 2.37 bits per heavy atom. The summed E-state index contributed by atoms with van der Waals surface area (Å²) >= 11 is 15.5. The molecule has 1 aromatic carbocycles. The summed E-state index contributed by atoms with van der Waals surface area (Å²) in [7, 11) is 0. The van der Waals surface area contributed by atoms with Gasteiger partial charge in [0.1, 0.15) is 0 Å². The molecule has 2 aromatic heterocycles. The van der Waals surface area contributed by atoms with E-state index >= 15 is 0 Å². The number of rotatable bonds is 3. The average Bonchev–Trinajstić information content (AvgIpc) is 2.96. The van der Waals surface area contributed by atoms with E-state index in [-0.39, 0.29) is 21.2 Å². The second-order valence-corrected chi connectivity index (χ2v) is 10.3. The summed E-state index contributed by atoms with van der Waals surface area (Å²) in [5, 5.41) is 3.55. The van der Waals surface area contributed by atoms with Crippen LogP contribution in [-0.2, 0) is 0 Å². The Bertz CT molecular complexity index is 669. The fourth-order valence-electron chi connectivity index (χ4n) is 1.60. The van der Waals surface area contributed by atoms with Gasteiger partial charge in [0.15, 0.2) is 3.57 Å². The maximum absolute atomic E-state index is 6.04. The lowest BCUT2D eigenvalue weighted by molar-refractivity contribution is -0.591. The van der Waals surface area contributed by atoms with Crippen molar-refractivity contribution in [3.05, 3.63) is 64.3 Å². The number of hydrogen-bond acceptors (Lipinski definition) is 2. The van der Waals surface area contributed by atoms with Crippen LogP contribution in [0.1, 0.15) is 0 Å². The van der Waals surface area contributed by atoms with Crippen LogP contribution < -0.4 is 21.2 Å². The molecule has 5 heteroatoms. The molecule has 3 rings (SSSR count). The van der Waals surface area contributed by atoms with Crippen molar-refractivity contribution in [2.45, 2.75) is 0 Å². The zero-order valence-corrected chi connectivity index (χ0v) is 14.9. The number of thiophene rings is 2. The van der Waals surface area contributed by atoms with Crippen LogP contribution in [0.15, 0.2) is 47.8 Å². The van der Waals surface area contributed by atoms with Gasteiger partial charge < -0.3 is 0 Å². The van der Waals surface area contributed by atoms with Gasteiger partial charge in [0.25, 0.3) is 0 Å². The lowest BCUT2D eigenvalue weighted by Crippen LogP contribution is -3.61. The topological polar surface area (TPSA) is 0 Å². The fourth-order valence-corrected chi connectivity index (χ4v) is 7.69. The molecule has 0 amide bonds. The van der Waals surface area contributed by atoms with Crippen molar-refractivity contribution in [2.75, 3.05) is 0 Å². The Morgan fingerprint density at radius 1 is 0.895 bits per heavy atom. The second-order valence-electron chi connectivity index (χ2n) is 3.76. The first kappa shape index (κ1) is 13.9. The standard InChI is InChI=1S/C14H8Cl2IS2/c15-9-6-10(16)8-11(7-9)17-14-4-3-13(19-14)12-2-1-5-18-12/h1-8H/q+1. The van der Waals surface area contributed by atoms with E-state index < -0.39 is 0 Å². The summed E-state index contributed by atoms with van der Waals surface area (Å²) in [6.07, 6.45) is 0. The molecule has 0 spiro atoms. The third-order valence-corrected chi connectivity index (χ3v) is 8.06. The average molecular weight is 438 g/mol. The van der Waals surface area contributed by atoms with Gasteiger partial charge in [-0.25, -0.2) is 0 Å². The van der Waals surface area contributed by atoms with Crippen LogP contribution in [0.4, 0.5) is 0 Å². The Hall–Kier alpha value is -0.0700. The normalized spacial score (nSPS) is 10.8. The molecule has 0 bridgehead atoms. The smallest absolute Gasteiger partial charge is 0.143 e. The van der Waals surface area contributed by atoms with E-state index in [0.29, 0.717) is 0 Å². The quantitative estimate of drug-likeness (QED) is 0.552. The van der Waals surface area contributed by atoms with Gasteiger partial charge in [-0.05, 0) is 23.6 Å². The maximum atomic E-state index is 6.04. The molecule has 0 saturated heterocycles. The summed E-state index contributed by atoms with van der Waals surface area (Å²) < 4.78 is 2.69. The molecule has 2 heterocycles. The van der Waals surface area contributed by atoms with Gasteiger partial charge in [-0.1, -0.05) is 40.6 Å². The van der Waals surface area contributed by atoms with Crippen LogP contribution in [0.5, 0.6) is 0 Å². The fraction of sp³-hybridized carbons (Fsp3) is 0. The van der Waals surface area contributed by atoms with Crippen LogP contribution in [0.25, 0.3) is 9.75 Å². The number of hydrogen-bond donors (Lipinski definition) is 0. The molecule has 0 nitrogen and oxygen atoms in total. The lowest BCUT2D eigenvalue weighted by Gasteiger charge is -1.90. The molecule has 3 aromatic rings. The van der Waals surface area contributed by atoms with E-state index in [1.165, 1.54) is 16.2 Å². The van der Waals surface area contributed by atoms with Crippen molar-refractivity contribution in [1.82, 2.24) is 0 Å². The van der Waals surface area contributed by atoms with Crippen molar-refractivity contribution < 1.29 is 21.2 Å². The molecule has 19 heavy (non-hydrogen) atoms. The molecule has 0 fully saturated rings. The highest BCUT2D eigenvalue weighted by Gasteiger charge is 2.20. The summed E-state index contributed by atoms with van der Waals surface area (Å²) in [4.78, 5) is 2.68. The summed E-state index contributed by atoms with van der Waals surface area (Å²) in [6, 6.07) is 14.5. The highest BCUT2D eigenvalue weighted by molar-refractivity contribution is 7.20. The van der Waals surface area contributed by atoms with Gasteiger partial charge in [0.2, 0.25) is 2.88 Å². The van der Waals surface area contributed by atoms with Crippen molar-refractivity contribution >= 4 is 45.9 Å². The molecule has 0 N–H and O–H groups in total. The first-order valence-corrected chi connectivity index (χ1v) is 10.1. The summed E-state index contributed by atoms with van der Waals surface area (Å²) in [6.45, 7) is 0. The first-order chi connectivity index (χ1) is 9.20. The second kappa shape index (κ2) is 6.14. The SMILES string of the molecule is Clc1cc(Cl)cc([I+]c2ccc(-c3cccs3)s2)c1. The van der Waals surface area contributed by atoms with Gasteiger partial charge in [0.05, 0.1) is 0 Å². The van der Waals surface area contributed by atoms with E-state index in [1.807, 2.05) is 23.5 Å². The molecule has 0 aliphatic heterocycles. The molecule has 0 radical (unpaired) electrons. The van der Waals surface area contributed by atoms with Gasteiger partial charge in [-0.15, -0.1) is 11.3 Å². The maximum Gasteiger partial charge on any atom is 0.369 e. The van der Waals surface area contributed by atoms with Gasteiger partial charge in [-0.2, -0.15) is 0 Å². The molecule has 0 aliphatic carbocycles. The van der Waals surface area contributed by atoms with Crippen molar-refractivity contribution in [2.24, 2.45) is 0 Å². The predicted molar refractivity (Wildman–Crippen MR) is 81.5 cm³/mol. The highest BCUT2D eigenvalue weighted by atomic mass is 127. The highest BCUT2D eigenvalue weighted by Crippen LogP contribution is 2.28. The summed E-state index contributed by atoms with van der Waals surface area (Å²) in [5.74, 6) is 0. The van der Waals surface area contributed by atoms with Crippen LogP contribution in [0.3, 0.4) is 0 Å². The van der Waals surface area contributed by atoms with E-state index in [1.54, 1.807) is 17.4 Å². The third kappa shape index (κ3) is 3.52. The Balaban J connectivity index is 1.84. The van der Waals surface area contributed by atoms with Crippen LogP contribution in [-0.4, -0.2) is 0 Å². The Morgan fingerprint density at radius 2 is 1.68 bits per heavy atom. The molecule has 96 valence electrons. The summed E-state index contributed by atoms with van der Waals surface area (Å²) in [5.41, 5.74) is 0. The van der Waals surface area contributed by atoms with E-state index in [0.717, 1.165) is 10.0 Å². The van der Waals surface area contributed by atoms with Crippen molar-refractivity contribution in [3.63, 3.8) is 0 Å². The van der Waals surface area contributed by atoms with E-state index in [2.05, 4.69) is 29.6 Å². The van der Waals surface area contributed by atoms with E-state index in [9.17, 15) is 0 Å². The van der Waals surface area contributed by atoms with Crippen LogP contribution in [0, 0.1) is 6.45 Å². The number of benzene rings is 1. The van der Waals surface area contributed by atoms with Gasteiger partial charge in [0, 0.05) is 38.0 Å². The molecule has 0 saturated carbocycles. The minimum absolute atomic E-state index is 0.207. The molecule has 0 atom stereocenters. The molecule has 0 aliphatic rings. The predicted octanol–water partition coefficient (Wildman–Crippen LogP) is 2.91. The van der Waals surface area contributed by atoms with Crippen molar-refractivity contribution in [1.29, 1.82) is 0 Å². The minimum Gasteiger partial charge on any atom is -0.143 e. The molecular weight excluding hydrogens is 430 g/mol. The van der Waals surface area contributed by atoms with E-state index in [4.69, 9.17) is 23.2 Å². The zero-order valence-electron chi connectivity index (χ0n) is 9.57. The van der Waals surface area contributed by atoms with Crippen molar-refractivity contribution in [3.8, 4) is 9.75 Å². The first-order valence-electron chi connectivity index (χ1n) is 5.45. The monoisotopic (exact) mass is 437 g/mol.